The van der Waals surface area contributed by atoms with Gasteiger partial charge in [0.2, 0.25) is 0 Å². The first kappa shape index (κ1) is 14.4. The Balaban J connectivity index is 2.17. The van der Waals surface area contributed by atoms with Crippen LogP contribution in [0.25, 0.3) is 0 Å². The highest BCUT2D eigenvalue weighted by Gasteiger charge is 2.35. The lowest BCUT2D eigenvalue weighted by atomic mass is 10.0. The van der Waals surface area contributed by atoms with Crippen molar-refractivity contribution in [3.05, 3.63) is 41.0 Å². The maximum atomic E-state index is 12.5. The second kappa shape index (κ2) is 5.19. The molecular weight excluding hydrogens is 271 g/mol. The molecule has 1 heterocycles. The van der Waals surface area contributed by atoms with E-state index in [-0.39, 0.29) is 31.2 Å². The fraction of sp³-hybridized carbons (Fsp3) is 0.357. The van der Waals surface area contributed by atoms with E-state index in [1.165, 1.54) is 17.0 Å². The van der Waals surface area contributed by atoms with Gasteiger partial charge in [-0.05, 0) is 25.5 Å². The topological polar surface area (TPSA) is 40.5 Å². The summed E-state index contributed by atoms with van der Waals surface area (Å²) in [5, 5.41) is 9.56. The van der Waals surface area contributed by atoms with Gasteiger partial charge in [-0.15, -0.1) is 0 Å². The summed E-state index contributed by atoms with van der Waals surface area (Å²) >= 11 is 0. The third-order valence-electron chi connectivity index (χ3n) is 3.40. The average Bonchev–Trinajstić information content (AvgIpc) is 2.40. The van der Waals surface area contributed by atoms with E-state index < -0.39 is 11.7 Å². The zero-order valence-electron chi connectivity index (χ0n) is 10.9. The highest BCUT2D eigenvalue weighted by atomic mass is 19.4. The molecule has 0 fully saturated rings. The fourth-order valence-corrected chi connectivity index (χ4v) is 2.14. The van der Waals surface area contributed by atoms with Gasteiger partial charge >= 0.3 is 6.18 Å². The van der Waals surface area contributed by atoms with Crippen LogP contribution in [0.3, 0.4) is 0 Å². The van der Waals surface area contributed by atoms with Crippen LogP contribution in [-0.4, -0.2) is 35.2 Å². The molecule has 0 saturated carbocycles. The van der Waals surface area contributed by atoms with Gasteiger partial charge in [-0.2, -0.15) is 13.2 Å². The first-order chi connectivity index (χ1) is 9.30. The Kier molecular flexibility index (Phi) is 3.74. The third-order valence-corrected chi connectivity index (χ3v) is 3.40. The number of benzene rings is 1. The Morgan fingerprint density at radius 2 is 2.05 bits per heavy atom. The summed E-state index contributed by atoms with van der Waals surface area (Å²) < 4.78 is 37.5. The Labute approximate surface area is 114 Å². The van der Waals surface area contributed by atoms with Crippen LogP contribution in [0.5, 0.6) is 5.75 Å². The SMILES string of the molecule is Cc1c(O)cccc1C(=O)N1CC=C(C(F)(F)F)CC1. The van der Waals surface area contributed by atoms with Gasteiger partial charge in [-0.1, -0.05) is 12.1 Å². The second-order valence-electron chi connectivity index (χ2n) is 4.68. The standard InChI is InChI=1S/C14H14F3NO2/c1-9-11(3-2-4-12(9)19)13(20)18-7-5-10(6-8-18)14(15,16)17/h2-5,19H,6-8H2,1H3. The number of carbonyl (C=O) groups excluding carboxylic acids is 1. The van der Waals surface area contributed by atoms with Crippen LogP contribution in [0.4, 0.5) is 13.2 Å². The predicted molar refractivity (Wildman–Crippen MR) is 67.5 cm³/mol. The fourth-order valence-electron chi connectivity index (χ4n) is 2.14. The van der Waals surface area contributed by atoms with Crippen molar-refractivity contribution in [1.29, 1.82) is 0 Å². The van der Waals surface area contributed by atoms with Crippen molar-refractivity contribution in [2.75, 3.05) is 13.1 Å². The number of halogens is 3. The summed E-state index contributed by atoms with van der Waals surface area (Å²) in [6.07, 6.45) is -3.48. The summed E-state index contributed by atoms with van der Waals surface area (Å²) in [6.45, 7) is 1.56. The smallest absolute Gasteiger partial charge is 0.412 e. The lowest BCUT2D eigenvalue weighted by molar-refractivity contribution is -0.0957. The molecule has 0 unspecified atom stereocenters. The minimum atomic E-state index is -4.32. The van der Waals surface area contributed by atoms with Crippen molar-refractivity contribution in [1.82, 2.24) is 4.90 Å². The number of hydrogen-bond acceptors (Lipinski definition) is 2. The normalized spacial score (nSPS) is 16.0. The quantitative estimate of drug-likeness (QED) is 0.806. The summed E-state index contributed by atoms with van der Waals surface area (Å²) in [5.41, 5.74) is 0.158. The van der Waals surface area contributed by atoms with Crippen LogP contribution in [-0.2, 0) is 0 Å². The minimum absolute atomic E-state index is 0.000572. The molecule has 1 aliphatic rings. The molecule has 1 aromatic rings. The summed E-state index contributed by atoms with van der Waals surface area (Å²) in [4.78, 5) is 13.6. The molecule has 1 aromatic carbocycles. The Bertz CT molecular complexity index is 564. The molecule has 1 N–H and O–H groups in total. The minimum Gasteiger partial charge on any atom is -0.508 e. The number of aromatic hydroxyl groups is 1. The number of amides is 1. The predicted octanol–water partition coefficient (Wildman–Crippen LogP) is 3.04. The molecule has 0 bridgehead atoms. The van der Waals surface area contributed by atoms with Gasteiger partial charge in [-0.3, -0.25) is 4.79 Å². The number of carbonyl (C=O) groups is 1. The molecule has 0 saturated heterocycles. The van der Waals surface area contributed by atoms with Crippen molar-refractivity contribution in [2.24, 2.45) is 0 Å². The van der Waals surface area contributed by atoms with Gasteiger partial charge in [0.05, 0.1) is 0 Å². The van der Waals surface area contributed by atoms with E-state index in [1.54, 1.807) is 13.0 Å². The van der Waals surface area contributed by atoms with E-state index in [0.29, 0.717) is 11.1 Å². The summed E-state index contributed by atoms with van der Waals surface area (Å²) in [5.74, 6) is -0.366. The first-order valence-electron chi connectivity index (χ1n) is 6.15. The Hall–Kier alpha value is -1.98. The monoisotopic (exact) mass is 285 g/mol. The average molecular weight is 285 g/mol. The largest absolute Gasteiger partial charge is 0.508 e. The van der Waals surface area contributed by atoms with Crippen molar-refractivity contribution in [3.63, 3.8) is 0 Å². The molecule has 3 nitrogen and oxygen atoms in total. The molecule has 2 rings (SSSR count). The van der Waals surface area contributed by atoms with Crippen LogP contribution < -0.4 is 0 Å². The van der Waals surface area contributed by atoms with E-state index in [2.05, 4.69) is 0 Å². The highest BCUT2D eigenvalue weighted by molar-refractivity contribution is 5.96. The van der Waals surface area contributed by atoms with Crippen LogP contribution in [0.1, 0.15) is 22.3 Å². The number of nitrogens with zero attached hydrogens (tertiary/aromatic N) is 1. The zero-order chi connectivity index (χ0) is 14.9. The maximum absolute atomic E-state index is 12.5. The number of hydrogen-bond donors (Lipinski definition) is 1. The van der Waals surface area contributed by atoms with Gasteiger partial charge in [0.15, 0.2) is 0 Å². The van der Waals surface area contributed by atoms with Crippen LogP contribution in [0.15, 0.2) is 29.8 Å². The van der Waals surface area contributed by atoms with Crippen molar-refractivity contribution >= 4 is 5.91 Å². The highest BCUT2D eigenvalue weighted by Crippen LogP contribution is 2.31. The first-order valence-corrected chi connectivity index (χ1v) is 6.15. The number of rotatable bonds is 1. The molecule has 6 heteroatoms. The van der Waals surface area contributed by atoms with Crippen LogP contribution in [0.2, 0.25) is 0 Å². The molecular formula is C14H14F3NO2. The molecule has 1 amide bonds. The van der Waals surface area contributed by atoms with E-state index in [4.69, 9.17) is 0 Å². The lowest BCUT2D eigenvalue weighted by Gasteiger charge is -2.27. The van der Waals surface area contributed by atoms with Gasteiger partial charge in [-0.25, -0.2) is 0 Å². The summed E-state index contributed by atoms with van der Waals surface area (Å²) in [6, 6.07) is 4.56. The van der Waals surface area contributed by atoms with Gasteiger partial charge in [0.25, 0.3) is 5.91 Å². The van der Waals surface area contributed by atoms with Crippen molar-refractivity contribution < 1.29 is 23.1 Å². The Morgan fingerprint density at radius 3 is 2.60 bits per heavy atom. The molecule has 0 atom stereocenters. The number of alkyl halides is 3. The van der Waals surface area contributed by atoms with Gasteiger partial charge < -0.3 is 10.0 Å². The molecule has 0 aromatic heterocycles. The third kappa shape index (κ3) is 2.79. The maximum Gasteiger partial charge on any atom is 0.412 e. The lowest BCUT2D eigenvalue weighted by Crippen LogP contribution is -2.37. The molecule has 0 radical (unpaired) electrons. The van der Waals surface area contributed by atoms with Crippen molar-refractivity contribution in [3.8, 4) is 5.75 Å². The molecule has 0 spiro atoms. The van der Waals surface area contributed by atoms with Gasteiger partial charge in [0, 0.05) is 29.8 Å². The van der Waals surface area contributed by atoms with Crippen LogP contribution >= 0.6 is 0 Å². The molecule has 1 aliphatic heterocycles. The van der Waals surface area contributed by atoms with E-state index in [1.807, 2.05) is 0 Å². The molecule has 20 heavy (non-hydrogen) atoms. The second-order valence-corrected chi connectivity index (χ2v) is 4.68. The van der Waals surface area contributed by atoms with E-state index in [9.17, 15) is 23.1 Å². The molecule has 108 valence electrons. The van der Waals surface area contributed by atoms with Gasteiger partial charge in [0.1, 0.15) is 5.75 Å². The van der Waals surface area contributed by atoms with Crippen molar-refractivity contribution in [2.45, 2.75) is 19.5 Å². The molecule has 0 aliphatic carbocycles. The van der Waals surface area contributed by atoms with E-state index in [0.717, 1.165) is 6.08 Å². The number of phenols is 1. The summed E-state index contributed by atoms with van der Waals surface area (Å²) in [7, 11) is 0. The van der Waals surface area contributed by atoms with Crippen LogP contribution in [0, 0.1) is 6.92 Å². The van der Waals surface area contributed by atoms with E-state index >= 15 is 0 Å². The Morgan fingerprint density at radius 1 is 1.35 bits per heavy atom. The zero-order valence-corrected chi connectivity index (χ0v) is 10.9. The number of phenolic OH excluding ortho intramolecular Hbond substituents is 1.